The van der Waals surface area contributed by atoms with Crippen molar-refractivity contribution in [1.82, 2.24) is 20.4 Å². The quantitative estimate of drug-likeness (QED) is 0.737. The fraction of sp³-hybridized carbons (Fsp3) is 0.609. The fourth-order valence-corrected chi connectivity index (χ4v) is 5.88. The van der Waals surface area contributed by atoms with Crippen LogP contribution in [0.2, 0.25) is 0 Å². The van der Waals surface area contributed by atoms with Crippen molar-refractivity contribution in [2.75, 3.05) is 19.6 Å². The molecule has 4 aliphatic rings. The molecular weight excluding hydrogens is 380 g/mol. The van der Waals surface area contributed by atoms with E-state index in [2.05, 4.69) is 34.6 Å². The lowest BCUT2D eigenvalue weighted by atomic mass is 9.84. The van der Waals surface area contributed by atoms with Crippen LogP contribution in [-0.2, 0) is 22.7 Å². The Hall–Kier alpha value is -2.25. The minimum absolute atomic E-state index is 0.105. The molecule has 1 unspecified atom stereocenters. The molecule has 3 aliphatic heterocycles. The number of imide groups is 1. The third-order valence-electron chi connectivity index (χ3n) is 7.48. The number of fused-ring (bicyclic) bond motifs is 2. The van der Waals surface area contributed by atoms with Crippen molar-refractivity contribution in [3.63, 3.8) is 0 Å². The number of nitrogens with zero attached hydrogens (tertiary/aromatic N) is 2. The van der Waals surface area contributed by atoms with Crippen molar-refractivity contribution >= 4 is 17.7 Å². The molecule has 0 radical (unpaired) electrons. The SMILES string of the molecule is C[C@]12CCC[C@@H]1NCCN(Cc1ccc3c(c1)CN(C1CCC(=O)NC1=O)C3=O)C2. The lowest BCUT2D eigenvalue weighted by Gasteiger charge is -2.33. The molecule has 3 heterocycles. The molecule has 2 saturated heterocycles. The Labute approximate surface area is 177 Å². The summed E-state index contributed by atoms with van der Waals surface area (Å²) in [7, 11) is 0. The maximum atomic E-state index is 12.9. The molecule has 1 saturated carbocycles. The van der Waals surface area contributed by atoms with Crippen molar-refractivity contribution in [2.45, 2.75) is 64.2 Å². The summed E-state index contributed by atoms with van der Waals surface area (Å²) in [5.74, 6) is -0.719. The zero-order valence-electron chi connectivity index (χ0n) is 17.6. The Balaban J connectivity index is 1.30. The van der Waals surface area contributed by atoms with E-state index in [1.807, 2.05) is 6.07 Å². The second kappa shape index (κ2) is 7.46. The largest absolute Gasteiger partial charge is 0.322 e. The summed E-state index contributed by atoms with van der Waals surface area (Å²) in [6.45, 7) is 6.88. The van der Waals surface area contributed by atoms with Gasteiger partial charge in [0.1, 0.15) is 6.04 Å². The van der Waals surface area contributed by atoms with Gasteiger partial charge in [-0.05, 0) is 41.9 Å². The molecule has 0 bridgehead atoms. The Morgan fingerprint density at radius 3 is 2.90 bits per heavy atom. The first kappa shape index (κ1) is 19.7. The van der Waals surface area contributed by atoms with Gasteiger partial charge in [-0.15, -0.1) is 0 Å². The molecule has 30 heavy (non-hydrogen) atoms. The highest BCUT2D eigenvalue weighted by atomic mass is 16.2. The van der Waals surface area contributed by atoms with Crippen LogP contribution < -0.4 is 10.6 Å². The molecule has 0 spiro atoms. The molecule has 3 atom stereocenters. The molecule has 7 nitrogen and oxygen atoms in total. The normalized spacial score (nSPS) is 32.0. The van der Waals surface area contributed by atoms with E-state index in [-0.39, 0.29) is 24.1 Å². The van der Waals surface area contributed by atoms with E-state index in [1.165, 1.54) is 24.8 Å². The summed E-state index contributed by atoms with van der Waals surface area (Å²) in [6.07, 6.45) is 4.55. The summed E-state index contributed by atoms with van der Waals surface area (Å²) >= 11 is 0. The van der Waals surface area contributed by atoms with Gasteiger partial charge in [0.2, 0.25) is 11.8 Å². The maximum absolute atomic E-state index is 12.9. The van der Waals surface area contributed by atoms with Gasteiger partial charge in [0.25, 0.3) is 5.91 Å². The minimum atomic E-state index is -0.554. The highest BCUT2D eigenvalue weighted by Gasteiger charge is 2.42. The van der Waals surface area contributed by atoms with E-state index in [0.29, 0.717) is 30.0 Å². The summed E-state index contributed by atoms with van der Waals surface area (Å²) in [5.41, 5.74) is 3.22. The van der Waals surface area contributed by atoms with Crippen LogP contribution in [0, 0.1) is 5.41 Å². The van der Waals surface area contributed by atoms with E-state index >= 15 is 0 Å². The average molecular weight is 411 g/mol. The molecule has 1 aliphatic carbocycles. The molecule has 3 fully saturated rings. The Morgan fingerprint density at radius 2 is 2.07 bits per heavy atom. The van der Waals surface area contributed by atoms with Gasteiger partial charge in [-0.25, -0.2) is 0 Å². The van der Waals surface area contributed by atoms with E-state index in [0.717, 1.165) is 31.7 Å². The van der Waals surface area contributed by atoms with Gasteiger partial charge in [0, 0.05) is 50.7 Å². The smallest absolute Gasteiger partial charge is 0.255 e. The third-order valence-corrected chi connectivity index (χ3v) is 7.48. The molecule has 5 rings (SSSR count). The van der Waals surface area contributed by atoms with Crippen molar-refractivity contribution in [2.24, 2.45) is 5.41 Å². The Morgan fingerprint density at radius 1 is 1.20 bits per heavy atom. The second-order valence-electron chi connectivity index (χ2n) is 9.66. The number of nitrogens with one attached hydrogen (secondary N) is 2. The van der Waals surface area contributed by atoms with Gasteiger partial charge in [-0.2, -0.15) is 0 Å². The van der Waals surface area contributed by atoms with Crippen LogP contribution in [0.25, 0.3) is 0 Å². The van der Waals surface area contributed by atoms with Crippen LogP contribution in [0.1, 0.15) is 60.5 Å². The van der Waals surface area contributed by atoms with Crippen LogP contribution in [0.3, 0.4) is 0 Å². The van der Waals surface area contributed by atoms with Crippen LogP contribution in [-0.4, -0.2) is 59.2 Å². The lowest BCUT2D eigenvalue weighted by molar-refractivity contribution is -0.136. The number of carbonyl (C=O) groups excluding carboxylic acids is 3. The average Bonchev–Trinajstić information content (AvgIpc) is 3.17. The van der Waals surface area contributed by atoms with E-state index in [1.54, 1.807) is 4.90 Å². The number of hydrogen-bond acceptors (Lipinski definition) is 5. The monoisotopic (exact) mass is 410 g/mol. The molecular formula is C23H30N4O3. The first-order valence-electron chi connectivity index (χ1n) is 11.2. The Kier molecular flexibility index (Phi) is 4.90. The zero-order valence-corrected chi connectivity index (χ0v) is 17.6. The van der Waals surface area contributed by atoms with E-state index < -0.39 is 6.04 Å². The number of benzene rings is 1. The van der Waals surface area contributed by atoms with Gasteiger partial charge in [-0.3, -0.25) is 24.6 Å². The molecule has 7 heteroatoms. The highest BCUT2D eigenvalue weighted by Crippen LogP contribution is 2.40. The van der Waals surface area contributed by atoms with Gasteiger partial charge < -0.3 is 10.2 Å². The van der Waals surface area contributed by atoms with Crippen molar-refractivity contribution in [3.05, 3.63) is 34.9 Å². The number of piperidine rings is 1. The van der Waals surface area contributed by atoms with Crippen LogP contribution in [0.5, 0.6) is 0 Å². The van der Waals surface area contributed by atoms with Gasteiger partial charge >= 0.3 is 0 Å². The van der Waals surface area contributed by atoms with Gasteiger partial charge in [-0.1, -0.05) is 25.5 Å². The molecule has 1 aromatic rings. The zero-order chi connectivity index (χ0) is 20.9. The Bertz CT molecular complexity index is 900. The highest BCUT2D eigenvalue weighted by molar-refractivity contribution is 6.05. The van der Waals surface area contributed by atoms with Crippen molar-refractivity contribution in [1.29, 1.82) is 0 Å². The molecule has 2 N–H and O–H groups in total. The summed E-state index contributed by atoms with van der Waals surface area (Å²) < 4.78 is 0. The van der Waals surface area contributed by atoms with Crippen LogP contribution in [0.15, 0.2) is 18.2 Å². The fourth-order valence-electron chi connectivity index (χ4n) is 5.88. The molecule has 0 aromatic heterocycles. The predicted octanol–water partition coefficient (Wildman–Crippen LogP) is 1.41. The number of carbonyl (C=O) groups is 3. The number of hydrogen-bond donors (Lipinski definition) is 2. The molecule has 160 valence electrons. The lowest BCUT2D eigenvalue weighted by Crippen LogP contribution is -2.52. The third kappa shape index (κ3) is 3.44. The summed E-state index contributed by atoms with van der Waals surface area (Å²) in [4.78, 5) is 40.7. The van der Waals surface area contributed by atoms with Crippen molar-refractivity contribution < 1.29 is 14.4 Å². The van der Waals surface area contributed by atoms with Gasteiger partial charge in [0.05, 0.1) is 0 Å². The van der Waals surface area contributed by atoms with Crippen LogP contribution >= 0.6 is 0 Å². The first-order chi connectivity index (χ1) is 14.4. The van der Waals surface area contributed by atoms with Crippen molar-refractivity contribution in [3.8, 4) is 0 Å². The van der Waals surface area contributed by atoms with E-state index in [9.17, 15) is 14.4 Å². The molecule has 3 amide bonds. The minimum Gasteiger partial charge on any atom is -0.322 e. The molecule has 1 aromatic carbocycles. The van der Waals surface area contributed by atoms with Crippen LogP contribution in [0.4, 0.5) is 0 Å². The first-order valence-corrected chi connectivity index (χ1v) is 11.2. The topological polar surface area (TPSA) is 81.8 Å². The second-order valence-corrected chi connectivity index (χ2v) is 9.66. The summed E-state index contributed by atoms with van der Waals surface area (Å²) in [5, 5.41) is 6.10. The van der Waals surface area contributed by atoms with Gasteiger partial charge in [0.15, 0.2) is 0 Å². The maximum Gasteiger partial charge on any atom is 0.255 e. The number of rotatable bonds is 3. The standard InChI is InChI=1S/C23H30N4O3/c1-23-8-2-3-19(23)24-9-10-26(14-23)12-15-4-5-17-16(11-15)13-27(22(17)30)18-6-7-20(28)25-21(18)29/h4-5,11,18-19,24H,2-3,6-10,12-14H2,1H3,(H,25,28,29)/t18?,19-,23+/m0/s1. The van der Waals surface area contributed by atoms with E-state index in [4.69, 9.17) is 0 Å². The summed E-state index contributed by atoms with van der Waals surface area (Å²) in [6, 6.07) is 6.17. The number of amides is 3. The predicted molar refractivity (Wildman–Crippen MR) is 112 cm³/mol.